The fraction of sp³-hybridized carbons (Fsp3) is 0.500. The van der Waals surface area contributed by atoms with Gasteiger partial charge in [-0.25, -0.2) is 0 Å². The number of nitrogens with one attached hydrogen (secondary N) is 1. The summed E-state index contributed by atoms with van der Waals surface area (Å²) in [5, 5.41) is 2.88. The molecule has 0 unspecified atom stereocenters. The molecule has 5 heteroatoms. The summed E-state index contributed by atoms with van der Waals surface area (Å²) in [4.78, 5) is 11.7. The molecule has 1 aromatic carbocycles. The summed E-state index contributed by atoms with van der Waals surface area (Å²) in [6.45, 7) is 4.69. The summed E-state index contributed by atoms with van der Waals surface area (Å²) in [6, 6.07) is 9.71. The van der Waals surface area contributed by atoms with E-state index in [0.29, 0.717) is 6.54 Å². The Morgan fingerprint density at radius 3 is 2.37 bits per heavy atom. The van der Waals surface area contributed by atoms with Crippen LogP contribution in [0.25, 0.3) is 0 Å². The molecule has 0 bridgehead atoms. The minimum Gasteiger partial charge on any atom is -0.354 e. The second kappa shape index (κ2) is 11.1. The van der Waals surface area contributed by atoms with Crippen molar-refractivity contribution in [2.75, 3.05) is 6.54 Å². The molecule has 1 aromatic rings. The van der Waals surface area contributed by atoms with Gasteiger partial charge >= 0.3 is 0 Å². The van der Waals surface area contributed by atoms with Gasteiger partial charge < -0.3 is 11.1 Å². The molecule has 3 nitrogen and oxygen atoms in total. The molecule has 19 heavy (non-hydrogen) atoms. The largest absolute Gasteiger partial charge is 0.354 e. The molecular weight excluding hydrogens is 283 g/mol. The minimum atomic E-state index is -0.393. The zero-order valence-corrected chi connectivity index (χ0v) is 13.1. The molecule has 0 aromatic heterocycles. The van der Waals surface area contributed by atoms with Crippen LogP contribution in [0, 0.1) is 5.92 Å². The van der Waals surface area contributed by atoms with E-state index in [2.05, 4.69) is 17.4 Å². The predicted molar refractivity (Wildman–Crippen MR) is 85.1 cm³/mol. The smallest absolute Gasteiger partial charge is 0.237 e. The second-order valence-corrected chi connectivity index (χ2v) is 4.44. The van der Waals surface area contributed by atoms with Crippen molar-refractivity contribution < 1.29 is 4.79 Å². The van der Waals surface area contributed by atoms with Crippen molar-refractivity contribution in [1.82, 2.24) is 5.32 Å². The Kier molecular flexibility index (Phi) is 12.0. The zero-order valence-electron chi connectivity index (χ0n) is 11.5. The van der Waals surface area contributed by atoms with Gasteiger partial charge in [0.1, 0.15) is 0 Å². The average Bonchev–Trinajstić information content (AvgIpc) is 2.38. The van der Waals surface area contributed by atoms with E-state index in [-0.39, 0.29) is 36.6 Å². The van der Waals surface area contributed by atoms with Gasteiger partial charge in [-0.2, -0.15) is 0 Å². The van der Waals surface area contributed by atoms with Crippen LogP contribution in [0.3, 0.4) is 0 Å². The summed E-state index contributed by atoms with van der Waals surface area (Å²) in [6.07, 6.45) is 1.77. The topological polar surface area (TPSA) is 55.1 Å². The van der Waals surface area contributed by atoms with Gasteiger partial charge in [0.25, 0.3) is 0 Å². The van der Waals surface area contributed by atoms with Gasteiger partial charge in [-0.05, 0) is 17.9 Å². The maximum atomic E-state index is 11.7. The number of nitrogens with two attached hydrogens (primary N) is 1. The number of hydrogen-bond donors (Lipinski definition) is 2. The normalized spacial score (nSPS) is 12.6. The van der Waals surface area contributed by atoms with E-state index in [9.17, 15) is 4.79 Å². The van der Waals surface area contributed by atoms with Gasteiger partial charge in [-0.3, -0.25) is 4.79 Å². The van der Waals surface area contributed by atoms with E-state index in [4.69, 9.17) is 5.73 Å². The van der Waals surface area contributed by atoms with E-state index >= 15 is 0 Å². The molecule has 0 aliphatic heterocycles. The van der Waals surface area contributed by atoms with Gasteiger partial charge in [-0.1, -0.05) is 50.6 Å². The molecule has 0 aliphatic carbocycles. The number of rotatable bonds is 6. The molecule has 0 aliphatic rings. The highest BCUT2D eigenvalue weighted by atomic mass is 35.5. The minimum absolute atomic E-state index is 0. The molecule has 0 radical (unpaired) electrons. The van der Waals surface area contributed by atoms with Crippen molar-refractivity contribution in [3.8, 4) is 0 Å². The molecule has 110 valence electrons. The van der Waals surface area contributed by atoms with Crippen molar-refractivity contribution in [3.63, 3.8) is 0 Å². The number of hydrogen-bond acceptors (Lipinski definition) is 2. The van der Waals surface area contributed by atoms with E-state index < -0.39 is 6.04 Å². The average molecular weight is 307 g/mol. The van der Waals surface area contributed by atoms with E-state index in [1.165, 1.54) is 5.56 Å². The molecule has 2 atom stereocenters. The highest BCUT2D eigenvalue weighted by molar-refractivity contribution is 5.85. The third kappa shape index (κ3) is 7.41. The highest BCUT2D eigenvalue weighted by Gasteiger charge is 2.18. The lowest BCUT2D eigenvalue weighted by Gasteiger charge is -2.17. The molecule has 1 amide bonds. The molecule has 0 spiro atoms. The molecule has 0 heterocycles. The highest BCUT2D eigenvalue weighted by Crippen LogP contribution is 2.05. The first-order valence-corrected chi connectivity index (χ1v) is 6.22. The van der Waals surface area contributed by atoms with Gasteiger partial charge in [-0.15, -0.1) is 24.8 Å². The lowest BCUT2D eigenvalue weighted by atomic mass is 9.99. The number of benzene rings is 1. The van der Waals surface area contributed by atoms with Crippen LogP contribution in [0.15, 0.2) is 30.3 Å². The Bertz CT molecular complexity index is 347. The van der Waals surface area contributed by atoms with Crippen LogP contribution in [0.2, 0.25) is 0 Å². The van der Waals surface area contributed by atoms with Crippen LogP contribution in [-0.4, -0.2) is 18.5 Å². The Balaban J connectivity index is 0. The summed E-state index contributed by atoms with van der Waals surface area (Å²) in [5.41, 5.74) is 7.07. The van der Waals surface area contributed by atoms with E-state index in [0.717, 1.165) is 12.8 Å². The van der Waals surface area contributed by atoms with Gasteiger partial charge in [0, 0.05) is 6.54 Å². The fourth-order valence-electron chi connectivity index (χ4n) is 1.60. The molecule has 0 saturated carbocycles. The maximum absolute atomic E-state index is 11.7. The number of halogens is 2. The first-order valence-electron chi connectivity index (χ1n) is 6.22. The lowest BCUT2D eigenvalue weighted by Crippen LogP contribution is -2.45. The third-order valence-corrected chi connectivity index (χ3v) is 3.12. The van der Waals surface area contributed by atoms with Gasteiger partial charge in [0.05, 0.1) is 6.04 Å². The van der Waals surface area contributed by atoms with Crippen LogP contribution >= 0.6 is 24.8 Å². The molecule has 1 rings (SSSR count). The Hall–Kier alpha value is -0.770. The number of amides is 1. The van der Waals surface area contributed by atoms with Crippen LogP contribution < -0.4 is 11.1 Å². The van der Waals surface area contributed by atoms with Crippen molar-refractivity contribution in [1.29, 1.82) is 0 Å². The number of carbonyl (C=O) groups excluding carboxylic acids is 1. The van der Waals surface area contributed by atoms with Crippen LogP contribution in [0.1, 0.15) is 25.8 Å². The molecule has 3 N–H and O–H groups in total. The Labute approximate surface area is 128 Å². The van der Waals surface area contributed by atoms with Crippen molar-refractivity contribution in [2.24, 2.45) is 11.7 Å². The SMILES string of the molecule is CC[C@H](C)[C@H](N)C(=O)NCCc1ccccc1.Cl.Cl. The zero-order chi connectivity index (χ0) is 12.7. The van der Waals surface area contributed by atoms with Crippen LogP contribution in [-0.2, 0) is 11.2 Å². The van der Waals surface area contributed by atoms with E-state index in [1.807, 2.05) is 32.0 Å². The third-order valence-electron chi connectivity index (χ3n) is 3.12. The monoisotopic (exact) mass is 306 g/mol. The Morgan fingerprint density at radius 1 is 1.26 bits per heavy atom. The fourth-order valence-corrected chi connectivity index (χ4v) is 1.60. The molecule has 0 fully saturated rings. The summed E-state index contributed by atoms with van der Waals surface area (Å²) >= 11 is 0. The molecule has 0 saturated heterocycles. The van der Waals surface area contributed by atoms with Crippen molar-refractivity contribution in [2.45, 2.75) is 32.7 Å². The first kappa shape index (κ1) is 20.5. The number of carbonyl (C=O) groups is 1. The van der Waals surface area contributed by atoms with Crippen molar-refractivity contribution in [3.05, 3.63) is 35.9 Å². The predicted octanol–water partition coefficient (Wildman–Crippen LogP) is 2.56. The van der Waals surface area contributed by atoms with Gasteiger partial charge in [0.15, 0.2) is 0 Å². The standard InChI is InChI=1S/C14H22N2O.2ClH/c1-3-11(2)13(15)14(17)16-10-9-12-7-5-4-6-8-12;;/h4-8,11,13H,3,9-10,15H2,1-2H3,(H,16,17);2*1H/t11-,13-;;/m0../s1. The Morgan fingerprint density at radius 2 is 1.84 bits per heavy atom. The maximum Gasteiger partial charge on any atom is 0.237 e. The first-order chi connectivity index (χ1) is 8.15. The molecular formula is C14H24Cl2N2O. The second-order valence-electron chi connectivity index (χ2n) is 4.44. The van der Waals surface area contributed by atoms with Crippen LogP contribution in [0.4, 0.5) is 0 Å². The summed E-state index contributed by atoms with van der Waals surface area (Å²) in [5.74, 6) is 0.182. The van der Waals surface area contributed by atoms with Gasteiger partial charge in [0.2, 0.25) is 5.91 Å². The quantitative estimate of drug-likeness (QED) is 0.848. The van der Waals surface area contributed by atoms with E-state index in [1.54, 1.807) is 0 Å². The lowest BCUT2D eigenvalue weighted by molar-refractivity contribution is -0.123. The summed E-state index contributed by atoms with van der Waals surface area (Å²) in [7, 11) is 0. The summed E-state index contributed by atoms with van der Waals surface area (Å²) < 4.78 is 0. The van der Waals surface area contributed by atoms with Crippen LogP contribution in [0.5, 0.6) is 0 Å². The van der Waals surface area contributed by atoms with Crippen molar-refractivity contribution >= 4 is 30.7 Å².